The molecular weight excluding hydrogens is 448 g/mol. The molecule has 0 aromatic heterocycles. The van der Waals surface area contributed by atoms with E-state index >= 15 is 0 Å². The number of alkyl carbamates (subject to hydrolysis) is 2. The Morgan fingerprint density at radius 2 is 1.77 bits per heavy atom. The monoisotopic (exact) mass is 484 g/mol. The third-order valence-electron chi connectivity index (χ3n) is 6.40. The Kier molecular flexibility index (Phi) is 8.96. The van der Waals surface area contributed by atoms with Crippen LogP contribution in [0.3, 0.4) is 0 Å². The van der Waals surface area contributed by atoms with Gasteiger partial charge >= 0.3 is 12.2 Å². The highest BCUT2D eigenvalue weighted by Gasteiger charge is 2.40. The Morgan fingerprint density at radius 3 is 2.40 bits per heavy atom. The van der Waals surface area contributed by atoms with E-state index in [0.717, 1.165) is 12.0 Å². The second-order valence-electron chi connectivity index (χ2n) is 10.3. The lowest BCUT2D eigenvalue weighted by atomic mass is 9.81. The molecule has 1 aromatic rings. The number of nitrogens with one attached hydrogen (secondary N) is 2. The molecule has 9 heteroatoms. The quantitative estimate of drug-likeness (QED) is 0.632. The summed E-state index contributed by atoms with van der Waals surface area (Å²) in [4.78, 5) is 39.8. The van der Waals surface area contributed by atoms with Gasteiger partial charge in [-0.05, 0) is 70.8 Å². The van der Waals surface area contributed by atoms with Gasteiger partial charge in [0.1, 0.15) is 24.3 Å². The molecule has 1 aliphatic carbocycles. The van der Waals surface area contributed by atoms with Gasteiger partial charge < -0.3 is 25.0 Å². The van der Waals surface area contributed by atoms with Crippen molar-refractivity contribution in [3.8, 4) is 6.07 Å². The number of carbonyl (C=O) groups is 3. The zero-order valence-corrected chi connectivity index (χ0v) is 20.8. The second kappa shape index (κ2) is 11.9. The fourth-order valence-electron chi connectivity index (χ4n) is 4.69. The largest absolute Gasteiger partial charge is 0.445 e. The fraction of sp³-hybridized carbons (Fsp3) is 0.615. The number of ether oxygens (including phenoxy) is 2. The van der Waals surface area contributed by atoms with Crippen molar-refractivity contribution in [2.24, 2.45) is 5.92 Å². The number of benzene rings is 1. The van der Waals surface area contributed by atoms with Gasteiger partial charge in [-0.25, -0.2) is 9.59 Å². The van der Waals surface area contributed by atoms with Gasteiger partial charge in [-0.2, -0.15) is 5.26 Å². The molecule has 1 saturated carbocycles. The van der Waals surface area contributed by atoms with Crippen LogP contribution in [0.2, 0.25) is 0 Å². The van der Waals surface area contributed by atoms with Gasteiger partial charge in [-0.15, -0.1) is 0 Å². The normalized spacial score (nSPS) is 23.0. The minimum atomic E-state index is -0.773. The van der Waals surface area contributed by atoms with E-state index in [1.54, 1.807) is 25.7 Å². The molecule has 3 amide bonds. The summed E-state index contributed by atoms with van der Waals surface area (Å²) in [5.41, 5.74) is 0.223. The van der Waals surface area contributed by atoms with Gasteiger partial charge in [-0.1, -0.05) is 30.3 Å². The Balaban J connectivity index is 1.57. The third kappa shape index (κ3) is 7.88. The highest BCUT2D eigenvalue weighted by molar-refractivity contribution is 5.86. The molecule has 1 aliphatic heterocycles. The van der Waals surface area contributed by atoms with E-state index < -0.39 is 29.9 Å². The van der Waals surface area contributed by atoms with E-state index in [9.17, 15) is 19.6 Å². The predicted molar refractivity (Wildman–Crippen MR) is 129 cm³/mol. The van der Waals surface area contributed by atoms with Crippen LogP contribution >= 0.6 is 0 Å². The van der Waals surface area contributed by atoms with Crippen molar-refractivity contribution in [2.75, 3.05) is 6.54 Å². The van der Waals surface area contributed by atoms with E-state index in [2.05, 4.69) is 16.7 Å². The highest BCUT2D eigenvalue weighted by atomic mass is 16.6. The molecule has 35 heavy (non-hydrogen) atoms. The molecule has 2 atom stereocenters. The topological polar surface area (TPSA) is 121 Å². The van der Waals surface area contributed by atoms with Crippen molar-refractivity contribution < 1.29 is 23.9 Å². The molecule has 190 valence electrons. The van der Waals surface area contributed by atoms with E-state index in [-0.39, 0.29) is 24.5 Å². The average molecular weight is 485 g/mol. The molecule has 3 rings (SSSR count). The van der Waals surface area contributed by atoms with Gasteiger partial charge in [0.15, 0.2) is 0 Å². The van der Waals surface area contributed by atoms with Crippen LogP contribution in [0.25, 0.3) is 0 Å². The zero-order chi connectivity index (χ0) is 25.4. The summed E-state index contributed by atoms with van der Waals surface area (Å²) in [6.07, 6.45) is 2.90. The molecule has 1 heterocycles. The first kappa shape index (κ1) is 26.3. The van der Waals surface area contributed by atoms with Crippen molar-refractivity contribution >= 4 is 18.1 Å². The maximum Gasteiger partial charge on any atom is 0.408 e. The lowest BCUT2D eigenvalue weighted by Gasteiger charge is -2.36. The lowest BCUT2D eigenvalue weighted by molar-refractivity contribution is -0.135. The van der Waals surface area contributed by atoms with Crippen LogP contribution in [0.15, 0.2) is 30.3 Å². The van der Waals surface area contributed by atoms with Gasteiger partial charge in [0.05, 0.1) is 6.07 Å². The first-order valence-corrected chi connectivity index (χ1v) is 12.3. The van der Waals surface area contributed by atoms with E-state index in [0.29, 0.717) is 38.6 Å². The smallest absolute Gasteiger partial charge is 0.408 e. The fourth-order valence-corrected chi connectivity index (χ4v) is 4.69. The lowest BCUT2D eigenvalue weighted by Crippen LogP contribution is -2.55. The molecule has 9 nitrogen and oxygen atoms in total. The summed E-state index contributed by atoms with van der Waals surface area (Å²) >= 11 is 0. The molecular formula is C26H36N4O5. The van der Waals surface area contributed by atoms with Crippen molar-refractivity contribution in [1.82, 2.24) is 15.5 Å². The molecule has 2 fully saturated rings. The van der Waals surface area contributed by atoms with Gasteiger partial charge in [0.2, 0.25) is 5.91 Å². The molecule has 2 aliphatic rings. The summed E-state index contributed by atoms with van der Waals surface area (Å²) in [5, 5.41) is 15.1. The Morgan fingerprint density at radius 1 is 1.09 bits per heavy atom. The van der Waals surface area contributed by atoms with Gasteiger partial charge in [0.25, 0.3) is 0 Å². The van der Waals surface area contributed by atoms with E-state index in [4.69, 9.17) is 9.47 Å². The molecule has 2 N–H and O–H groups in total. The van der Waals surface area contributed by atoms with Crippen molar-refractivity contribution in [2.45, 2.75) is 89.6 Å². The zero-order valence-electron chi connectivity index (χ0n) is 20.8. The molecule has 0 bridgehead atoms. The number of hydrogen-bond acceptors (Lipinski definition) is 6. The maximum absolute atomic E-state index is 13.4. The van der Waals surface area contributed by atoms with Gasteiger partial charge in [-0.3, -0.25) is 4.79 Å². The Labute approximate surface area is 207 Å². The summed E-state index contributed by atoms with van der Waals surface area (Å²) < 4.78 is 10.7. The minimum absolute atomic E-state index is 0.0644. The highest BCUT2D eigenvalue weighted by Crippen LogP contribution is 2.30. The van der Waals surface area contributed by atoms with Crippen LogP contribution in [-0.4, -0.2) is 53.3 Å². The first-order valence-electron chi connectivity index (χ1n) is 12.3. The van der Waals surface area contributed by atoms with Crippen LogP contribution in [0.1, 0.15) is 64.9 Å². The van der Waals surface area contributed by atoms with Crippen LogP contribution in [0.4, 0.5) is 9.59 Å². The van der Waals surface area contributed by atoms with Crippen molar-refractivity contribution in [3.05, 3.63) is 35.9 Å². The number of likely N-dealkylation sites (tertiary alicyclic amines) is 1. The Hall–Kier alpha value is -3.28. The summed E-state index contributed by atoms with van der Waals surface area (Å²) in [6.45, 7) is 6.01. The van der Waals surface area contributed by atoms with E-state index in [1.807, 2.05) is 30.3 Å². The molecule has 0 unspecified atom stereocenters. The molecule has 0 radical (unpaired) electrons. The van der Waals surface area contributed by atoms with Crippen LogP contribution in [0.5, 0.6) is 0 Å². The summed E-state index contributed by atoms with van der Waals surface area (Å²) in [5.74, 6) is -0.355. The number of nitrogens with zero attached hydrogens (tertiary/aromatic N) is 2. The number of nitriles is 1. The van der Waals surface area contributed by atoms with Crippen LogP contribution in [0, 0.1) is 17.2 Å². The Bertz CT molecular complexity index is 916. The van der Waals surface area contributed by atoms with Gasteiger partial charge in [0, 0.05) is 12.6 Å². The second-order valence-corrected chi connectivity index (χ2v) is 10.3. The first-order chi connectivity index (χ1) is 16.7. The number of hydrogen-bond donors (Lipinski definition) is 2. The molecule has 1 saturated heterocycles. The van der Waals surface area contributed by atoms with E-state index in [1.165, 1.54) is 0 Å². The summed E-state index contributed by atoms with van der Waals surface area (Å²) in [6, 6.07) is 10.4. The standard InChI is InChI=1S/C26H36N4O5/c1-26(2,3)35-25(33)29-22(23(31)30-15-7-10-21(30)16-27)19-11-13-20(14-12-19)28-24(32)34-17-18-8-5-4-6-9-18/h4-6,8-9,19-22H,7,10-15,17H2,1-3H3,(H,28,32)(H,29,33)/t19-,20-,21-,22-/m0/s1. The van der Waals surface area contributed by atoms with Crippen molar-refractivity contribution in [1.29, 1.82) is 5.26 Å². The molecule has 0 spiro atoms. The average Bonchev–Trinajstić information content (AvgIpc) is 3.30. The maximum atomic E-state index is 13.4. The number of carbonyl (C=O) groups excluding carboxylic acids is 3. The third-order valence-corrected chi connectivity index (χ3v) is 6.40. The number of rotatable bonds is 6. The summed E-state index contributed by atoms with van der Waals surface area (Å²) in [7, 11) is 0. The predicted octanol–water partition coefficient (Wildman–Crippen LogP) is 3.88. The SMILES string of the molecule is CC(C)(C)OC(=O)N[C@H](C(=O)N1CCC[C@H]1C#N)[C@H]1CC[C@H](NC(=O)OCc2ccccc2)CC1. The van der Waals surface area contributed by atoms with Crippen molar-refractivity contribution in [3.63, 3.8) is 0 Å². The number of amides is 3. The minimum Gasteiger partial charge on any atom is -0.445 e. The van der Waals surface area contributed by atoms with Crippen LogP contribution < -0.4 is 10.6 Å². The van der Waals surface area contributed by atoms with Crippen LogP contribution in [-0.2, 0) is 20.9 Å². The molecule has 1 aromatic carbocycles.